The van der Waals surface area contributed by atoms with Gasteiger partial charge < -0.3 is 24.8 Å². The van der Waals surface area contributed by atoms with Crippen molar-refractivity contribution in [1.82, 2.24) is 19.7 Å². The van der Waals surface area contributed by atoms with Gasteiger partial charge in [-0.1, -0.05) is 11.6 Å². The zero-order valence-corrected chi connectivity index (χ0v) is 24.2. The van der Waals surface area contributed by atoms with Crippen LogP contribution in [0.5, 0.6) is 5.75 Å². The number of hydrogen-bond acceptors (Lipinski definition) is 11. The molecular weight excluding hydrogens is 582 g/mol. The molecule has 3 aromatic rings. The number of halogens is 2. The van der Waals surface area contributed by atoms with Gasteiger partial charge in [-0.25, -0.2) is 18.5 Å². The van der Waals surface area contributed by atoms with Gasteiger partial charge in [0.15, 0.2) is 11.5 Å². The number of esters is 1. The van der Waals surface area contributed by atoms with Crippen LogP contribution >= 0.6 is 19.3 Å². The molecule has 13 nitrogen and oxygen atoms in total. The standard InChI is InChI=1S/C25H29ClFN6O7P/c1-14(2)38-23(35)15(3)32-41(36,40-17-7-5-16(26)6-8-17)37-11-19-21(34)24(4,27)25(12-28,39-19)20-10-9-18-22(29)30-13-31-33(18)20/h5-10,13-15,19,21,34H,11H2,1-4H3,(H,32,36)(H2,29,30,31)/t15-,19+,21+,24+,25-,41?/m0/s1. The van der Waals surface area contributed by atoms with E-state index in [1.165, 1.54) is 47.8 Å². The number of anilines is 1. The van der Waals surface area contributed by atoms with Crippen molar-refractivity contribution in [3.63, 3.8) is 0 Å². The number of nitrogens with two attached hydrogens (primary N) is 1. The molecule has 1 aromatic carbocycles. The minimum Gasteiger partial charge on any atom is -0.462 e. The van der Waals surface area contributed by atoms with Crippen LogP contribution in [-0.4, -0.2) is 62.3 Å². The molecule has 220 valence electrons. The highest BCUT2D eigenvalue weighted by molar-refractivity contribution is 7.52. The fourth-order valence-corrected chi connectivity index (χ4v) is 5.96. The third-order valence-corrected chi connectivity index (χ3v) is 8.32. The lowest BCUT2D eigenvalue weighted by molar-refractivity contribution is -0.149. The van der Waals surface area contributed by atoms with E-state index in [0.29, 0.717) is 5.02 Å². The lowest BCUT2D eigenvalue weighted by Crippen LogP contribution is -2.48. The number of carbonyl (C=O) groups excluding carboxylic acids is 1. The average Bonchev–Trinajstić information content (AvgIpc) is 3.42. The number of nitrogens with zero attached hydrogens (tertiary/aromatic N) is 4. The summed E-state index contributed by atoms with van der Waals surface area (Å²) in [6.07, 6.45) is -2.77. The van der Waals surface area contributed by atoms with E-state index in [9.17, 15) is 19.7 Å². The molecule has 0 aliphatic carbocycles. The molecule has 1 fully saturated rings. The van der Waals surface area contributed by atoms with Crippen LogP contribution in [0.3, 0.4) is 0 Å². The molecule has 1 aliphatic rings. The van der Waals surface area contributed by atoms with E-state index >= 15 is 4.39 Å². The largest absolute Gasteiger partial charge is 0.462 e. The Morgan fingerprint density at radius 2 is 2.02 bits per heavy atom. The number of hydrogen-bond donors (Lipinski definition) is 3. The number of ether oxygens (including phenoxy) is 2. The minimum absolute atomic E-state index is 0.0561. The number of nitriles is 1. The number of alkyl halides is 1. The Balaban J connectivity index is 1.62. The van der Waals surface area contributed by atoms with E-state index in [2.05, 4.69) is 15.2 Å². The quantitative estimate of drug-likeness (QED) is 0.225. The van der Waals surface area contributed by atoms with Crippen LogP contribution in [-0.2, 0) is 29.0 Å². The number of aromatic nitrogens is 3. The van der Waals surface area contributed by atoms with Crippen LogP contribution in [0.2, 0.25) is 5.02 Å². The summed E-state index contributed by atoms with van der Waals surface area (Å²) in [5, 5.41) is 28.1. The molecule has 0 radical (unpaired) electrons. The minimum atomic E-state index is -4.42. The van der Waals surface area contributed by atoms with Crippen LogP contribution in [0.1, 0.15) is 33.4 Å². The number of rotatable bonds is 10. The summed E-state index contributed by atoms with van der Waals surface area (Å²) >= 11 is 5.92. The van der Waals surface area contributed by atoms with Gasteiger partial charge in [0, 0.05) is 5.02 Å². The highest BCUT2D eigenvalue weighted by Crippen LogP contribution is 2.51. The van der Waals surface area contributed by atoms with Crippen molar-refractivity contribution in [2.45, 2.75) is 63.3 Å². The Hall–Kier alpha value is -3.31. The van der Waals surface area contributed by atoms with Gasteiger partial charge in [0.05, 0.1) is 18.4 Å². The van der Waals surface area contributed by atoms with Crippen molar-refractivity contribution >= 4 is 36.7 Å². The summed E-state index contributed by atoms with van der Waals surface area (Å²) in [5.74, 6) is -0.585. The highest BCUT2D eigenvalue weighted by Gasteiger charge is 2.67. The van der Waals surface area contributed by atoms with Crippen LogP contribution in [0.15, 0.2) is 42.7 Å². The third-order valence-electron chi connectivity index (χ3n) is 6.43. The summed E-state index contributed by atoms with van der Waals surface area (Å²) in [7, 11) is -4.42. The first-order valence-corrected chi connectivity index (χ1v) is 14.4. The molecule has 1 unspecified atom stereocenters. The molecule has 16 heteroatoms. The van der Waals surface area contributed by atoms with Crippen molar-refractivity contribution < 1.29 is 37.4 Å². The molecule has 6 atom stereocenters. The molecule has 0 bridgehead atoms. The Labute approximate surface area is 239 Å². The second kappa shape index (κ2) is 11.5. The number of nitrogen functional groups attached to an aromatic ring is 1. The molecule has 4 N–H and O–H groups in total. The summed E-state index contributed by atoms with van der Waals surface area (Å²) in [4.78, 5) is 16.3. The first kappa shape index (κ1) is 30.6. The Bertz CT molecular complexity index is 1510. The second-order valence-electron chi connectivity index (χ2n) is 9.81. The molecule has 4 rings (SSSR count). The maximum Gasteiger partial charge on any atom is 0.459 e. The van der Waals surface area contributed by atoms with Crippen molar-refractivity contribution in [3.05, 3.63) is 53.4 Å². The first-order chi connectivity index (χ1) is 19.2. The first-order valence-electron chi connectivity index (χ1n) is 12.5. The highest BCUT2D eigenvalue weighted by atomic mass is 35.5. The topological polar surface area (TPSA) is 183 Å². The van der Waals surface area contributed by atoms with E-state index in [1.54, 1.807) is 13.8 Å². The molecule has 0 amide bonds. The van der Waals surface area contributed by atoms with Gasteiger partial charge in [-0.15, -0.1) is 0 Å². The molecule has 2 aromatic heterocycles. The van der Waals surface area contributed by atoms with Crippen LogP contribution < -0.4 is 15.3 Å². The Morgan fingerprint density at radius 3 is 2.66 bits per heavy atom. The number of fused-ring (bicyclic) bond motifs is 1. The van der Waals surface area contributed by atoms with E-state index < -0.39 is 55.9 Å². The zero-order valence-electron chi connectivity index (χ0n) is 22.5. The predicted molar refractivity (Wildman–Crippen MR) is 145 cm³/mol. The maximum absolute atomic E-state index is 16.3. The molecule has 0 saturated carbocycles. The van der Waals surface area contributed by atoms with Crippen molar-refractivity contribution in [1.29, 1.82) is 5.26 Å². The second-order valence-corrected chi connectivity index (χ2v) is 11.9. The lowest BCUT2D eigenvalue weighted by atomic mass is 9.82. The van der Waals surface area contributed by atoms with Crippen LogP contribution in [0, 0.1) is 11.3 Å². The summed E-state index contributed by atoms with van der Waals surface area (Å²) in [6.45, 7) is 4.96. The van der Waals surface area contributed by atoms with Crippen molar-refractivity contribution in [2.24, 2.45) is 0 Å². The van der Waals surface area contributed by atoms with Gasteiger partial charge in [-0.3, -0.25) is 9.32 Å². The van der Waals surface area contributed by atoms with Crippen LogP contribution in [0.4, 0.5) is 10.2 Å². The normalized spacial score (nSPS) is 26.4. The monoisotopic (exact) mass is 610 g/mol. The Kier molecular flexibility index (Phi) is 8.61. The number of aliphatic hydroxyl groups is 1. The number of carbonyl (C=O) groups is 1. The number of nitrogens with one attached hydrogen (secondary N) is 1. The van der Waals surface area contributed by atoms with Crippen molar-refractivity contribution in [3.8, 4) is 11.8 Å². The smallest absolute Gasteiger partial charge is 0.459 e. The van der Waals surface area contributed by atoms with Crippen molar-refractivity contribution in [2.75, 3.05) is 12.3 Å². The van der Waals surface area contributed by atoms with E-state index in [0.717, 1.165) is 13.3 Å². The van der Waals surface area contributed by atoms with Gasteiger partial charge in [-0.05, 0) is 64.1 Å². The van der Waals surface area contributed by atoms with E-state index in [-0.39, 0.29) is 22.8 Å². The predicted octanol–water partition coefficient (Wildman–Crippen LogP) is 3.31. The summed E-state index contributed by atoms with van der Waals surface area (Å²) in [5.41, 5.74) is 1.03. The van der Waals surface area contributed by atoms with E-state index in [1.807, 2.05) is 6.07 Å². The number of benzene rings is 1. The zero-order chi connectivity index (χ0) is 30.2. The molecule has 0 spiro atoms. The molecule has 1 saturated heterocycles. The van der Waals surface area contributed by atoms with Gasteiger partial charge in [0.25, 0.3) is 0 Å². The number of aliphatic hydroxyl groups excluding tert-OH is 1. The average molecular weight is 611 g/mol. The molecule has 41 heavy (non-hydrogen) atoms. The molecule has 3 heterocycles. The fraction of sp³-hybridized carbons (Fsp3) is 0.440. The Morgan fingerprint density at radius 1 is 1.34 bits per heavy atom. The van der Waals surface area contributed by atoms with E-state index in [4.69, 9.17) is 35.9 Å². The summed E-state index contributed by atoms with van der Waals surface area (Å²) in [6, 6.07) is 9.33. The molecular formula is C25H29ClFN6O7P. The van der Waals surface area contributed by atoms with Crippen LogP contribution in [0.25, 0.3) is 5.52 Å². The summed E-state index contributed by atoms with van der Waals surface area (Å²) < 4.78 is 53.4. The van der Waals surface area contributed by atoms with Gasteiger partial charge in [0.1, 0.15) is 41.9 Å². The van der Waals surface area contributed by atoms with Gasteiger partial charge in [0.2, 0.25) is 5.60 Å². The lowest BCUT2D eigenvalue weighted by Gasteiger charge is -2.30. The SMILES string of the molecule is CC(C)OC(=O)[C@H](C)NP(=O)(OC[C@H]1O[C@@](C#N)(c2ccc3c(N)ncnn23)[C@](C)(F)[C@@H]1O)Oc1ccc(Cl)cc1. The molecule has 1 aliphatic heterocycles. The fourth-order valence-electron chi connectivity index (χ4n) is 4.33. The van der Waals surface area contributed by atoms with Gasteiger partial charge in [-0.2, -0.15) is 15.4 Å². The maximum atomic E-state index is 16.3. The van der Waals surface area contributed by atoms with Gasteiger partial charge >= 0.3 is 13.7 Å². The third kappa shape index (κ3) is 5.88.